The molecule has 0 aliphatic heterocycles. The Bertz CT molecular complexity index is 505. The van der Waals surface area contributed by atoms with Crippen LogP contribution < -0.4 is 16.4 Å². The molecule has 0 heterocycles. The molecule has 0 fully saturated rings. The van der Waals surface area contributed by atoms with E-state index in [0.29, 0.717) is 16.8 Å². The second-order valence-electron chi connectivity index (χ2n) is 4.83. The van der Waals surface area contributed by atoms with Crippen molar-refractivity contribution in [3.05, 3.63) is 29.3 Å². The number of carbonyl (C=O) groups excluding carboxylic acids is 2. The van der Waals surface area contributed by atoms with Crippen LogP contribution in [-0.2, 0) is 4.79 Å². The molecule has 2 amide bonds. The number of carbonyl (C=O) groups is 2. The average Bonchev–Trinajstić information content (AvgIpc) is 2.68. The summed E-state index contributed by atoms with van der Waals surface area (Å²) in [4.78, 5) is 20.7. The molecule has 0 aliphatic carbocycles. The van der Waals surface area contributed by atoms with E-state index in [2.05, 4.69) is 16.4 Å². The van der Waals surface area contributed by atoms with Gasteiger partial charge in [-0.3, -0.25) is 9.59 Å². The van der Waals surface area contributed by atoms with Gasteiger partial charge in [0.05, 0.1) is 32.5 Å². The number of nitrogens with two attached hydrogens (primary N) is 1. The molecule has 1 aromatic rings. The highest BCUT2D eigenvalue weighted by molar-refractivity contribution is 5.95. The normalized spacial score (nSPS) is 9.58. The molecular formula is C17H31N3O6. The smallest absolute Gasteiger partial charge is 0.251 e. The highest BCUT2D eigenvalue weighted by Crippen LogP contribution is 2.21. The minimum atomic E-state index is -0.731. The molecule has 1 rings (SSSR count). The van der Waals surface area contributed by atoms with Crippen LogP contribution in [0.25, 0.3) is 0 Å². The number of rotatable bonds is 8. The SMILES string of the molecule is CC.CNc1cc(C(=O)NC(CO)CO)cc(C(CO)CO)c1.NC=O. The van der Waals surface area contributed by atoms with E-state index in [9.17, 15) is 15.0 Å². The molecule has 9 heteroatoms. The van der Waals surface area contributed by atoms with Gasteiger partial charge in [-0.05, 0) is 23.8 Å². The number of primary amides is 1. The van der Waals surface area contributed by atoms with E-state index in [1.165, 1.54) is 0 Å². The lowest BCUT2D eigenvalue weighted by atomic mass is 9.97. The maximum absolute atomic E-state index is 12.1. The molecule has 0 aromatic heterocycles. The number of aliphatic hydroxyl groups excluding tert-OH is 4. The molecular weight excluding hydrogens is 342 g/mol. The first kappa shape index (κ1) is 26.0. The zero-order valence-electron chi connectivity index (χ0n) is 15.5. The fraction of sp³-hybridized carbons (Fsp3) is 0.529. The summed E-state index contributed by atoms with van der Waals surface area (Å²) in [5.74, 6) is -0.924. The molecule has 0 atom stereocenters. The van der Waals surface area contributed by atoms with Crippen molar-refractivity contribution in [1.82, 2.24) is 5.32 Å². The van der Waals surface area contributed by atoms with Gasteiger partial charge < -0.3 is 36.8 Å². The highest BCUT2D eigenvalue weighted by Gasteiger charge is 2.16. The second-order valence-corrected chi connectivity index (χ2v) is 4.83. The van der Waals surface area contributed by atoms with Gasteiger partial charge in [0, 0.05) is 24.2 Å². The molecule has 1 aromatic carbocycles. The molecule has 0 saturated carbocycles. The van der Waals surface area contributed by atoms with E-state index in [4.69, 9.17) is 15.0 Å². The summed E-state index contributed by atoms with van der Waals surface area (Å²) < 4.78 is 0. The standard InChI is InChI=1S/C14H22N2O5.C2H6.CH3NO/c1-15-12-3-9(11(5-17)6-18)2-10(4-12)14(21)16-13(7-19)8-20;1-2;2-1-3/h2-4,11,13,15,17-20H,5-8H2,1H3,(H,16,21);1-2H3;1H,(H2,2,3). The minimum Gasteiger partial charge on any atom is -0.396 e. The van der Waals surface area contributed by atoms with Crippen molar-refractivity contribution in [3.63, 3.8) is 0 Å². The predicted molar refractivity (Wildman–Crippen MR) is 99.9 cm³/mol. The van der Waals surface area contributed by atoms with Gasteiger partial charge in [0.1, 0.15) is 0 Å². The van der Waals surface area contributed by atoms with Crippen molar-refractivity contribution < 1.29 is 30.0 Å². The lowest BCUT2D eigenvalue weighted by molar-refractivity contribution is -0.106. The van der Waals surface area contributed by atoms with Crippen molar-refractivity contribution in [3.8, 4) is 0 Å². The van der Waals surface area contributed by atoms with Gasteiger partial charge in [-0.15, -0.1) is 0 Å². The number of anilines is 1. The molecule has 0 aliphatic rings. The molecule has 8 N–H and O–H groups in total. The topological polar surface area (TPSA) is 165 Å². The summed E-state index contributed by atoms with van der Waals surface area (Å²) in [7, 11) is 1.69. The Morgan fingerprint density at radius 2 is 1.58 bits per heavy atom. The molecule has 26 heavy (non-hydrogen) atoms. The fourth-order valence-corrected chi connectivity index (χ4v) is 1.85. The Morgan fingerprint density at radius 3 is 1.96 bits per heavy atom. The molecule has 0 bridgehead atoms. The van der Waals surface area contributed by atoms with Crippen LogP contribution in [0.2, 0.25) is 0 Å². The Labute approximate surface area is 153 Å². The van der Waals surface area contributed by atoms with Crippen LogP contribution in [0.15, 0.2) is 18.2 Å². The number of nitrogens with one attached hydrogen (secondary N) is 2. The average molecular weight is 373 g/mol. The van der Waals surface area contributed by atoms with E-state index in [1.807, 2.05) is 13.8 Å². The first-order valence-corrected chi connectivity index (χ1v) is 8.23. The second kappa shape index (κ2) is 16.3. The van der Waals surface area contributed by atoms with Gasteiger partial charge in [0.15, 0.2) is 0 Å². The quantitative estimate of drug-likeness (QED) is 0.287. The van der Waals surface area contributed by atoms with E-state index >= 15 is 0 Å². The maximum Gasteiger partial charge on any atom is 0.251 e. The largest absolute Gasteiger partial charge is 0.396 e. The van der Waals surface area contributed by atoms with Crippen molar-refractivity contribution in [2.75, 3.05) is 38.8 Å². The van der Waals surface area contributed by atoms with Gasteiger partial charge in [0.25, 0.3) is 5.91 Å². The molecule has 150 valence electrons. The van der Waals surface area contributed by atoms with Crippen LogP contribution in [-0.4, -0.2) is 72.3 Å². The summed E-state index contributed by atoms with van der Waals surface area (Å²) >= 11 is 0. The van der Waals surface area contributed by atoms with Crippen molar-refractivity contribution in [2.24, 2.45) is 5.73 Å². The van der Waals surface area contributed by atoms with Crippen LogP contribution in [0.1, 0.15) is 35.7 Å². The Balaban J connectivity index is 0. The zero-order chi connectivity index (χ0) is 20.5. The van der Waals surface area contributed by atoms with Gasteiger partial charge >= 0.3 is 0 Å². The van der Waals surface area contributed by atoms with Crippen molar-refractivity contribution >= 4 is 18.0 Å². The summed E-state index contributed by atoms with van der Waals surface area (Å²) in [5, 5.41) is 41.9. The highest BCUT2D eigenvalue weighted by atomic mass is 16.3. The zero-order valence-corrected chi connectivity index (χ0v) is 15.5. The number of amides is 2. The Hall–Kier alpha value is -2.20. The van der Waals surface area contributed by atoms with Gasteiger partial charge in [-0.1, -0.05) is 13.8 Å². The fourth-order valence-electron chi connectivity index (χ4n) is 1.85. The number of benzene rings is 1. The van der Waals surface area contributed by atoms with E-state index in [1.54, 1.807) is 25.2 Å². The number of aliphatic hydroxyl groups is 4. The monoisotopic (exact) mass is 373 g/mol. The lowest BCUT2D eigenvalue weighted by Gasteiger charge is -2.17. The van der Waals surface area contributed by atoms with Gasteiger partial charge in [-0.2, -0.15) is 0 Å². The van der Waals surface area contributed by atoms with Crippen molar-refractivity contribution in [2.45, 2.75) is 25.8 Å². The summed E-state index contributed by atoms with van der Waals surface area (Å²) in [6, 6.07) is 4.18. The summed E-state index contributed by atoms with van der Waals surface area (Å²) in [6.45, 7) is 2.80. The predicted octanol–water partition coefficient (Wildman–Crippen LogP) is -0.993. The third-order valence-electron chi connectivity index (χ3n) is 3.19. The third kappa shape index (κ3) is 9.33. The third-order valence-corrected chi connectivity index (χ3v) is 3.19. The Kier molecular flexibility index (Phi) is 16.3. The van der Waals surface area contributed by atoms with E-state index in [0.717, 1.165) is 0 Å². The summed E-state index contributed by atoms with van der Waals surface area (Å²) in [5.41, 5.74) is 5.77. The number of hydrogen-bond acceptors (Lipinski definition) is 7. The van der Waals surface area contributed by atoms with Gasteiger partial charge in [-0.25, -0.2) is 0 Å². The van der Waals surface area contributed by atoms with Crippen LogP contribution >= 0.6 is 0 Å². The van der Waals surface area contributed by atoms with Crippen LogP contribution in [0.5, 0.6) is 0 Å². The molecule has 0 unspecified atom stereocenters. The van der Waals surface area contributed by atoms with Crippen molar-refractivity contribution in [1.29, 1.82) is 0 Å². The summed E-state index contributed by atoms with van der Waals surface area (Å²) in [6.07, 6.45) is 0.250. The van der Waals surface area contributed by atoms with E-state index < -0.39 is 17.9 Å². The minimum absolute atomic E-state index is 0.235. The van der Waals surface area contributed by atoms with Crippen LogP contribution in [0.4, 0.5) is 5.69 Å². The molecule has 0 saturated heterocycles. The van der Waals surface area contributed by atoms with Crippen LogP contribution in [0, 0.1) is 0 Å². The van der Waals surface area contributed by atoms with Gasteiger partial charge in [0.2, 0.25) is 6.41 Å². The molecule has 0 radical (unpaired) electrons. The number of hydrogen-bond donors (Lipinski definition) is 7. The van der Waals surface area contributed by atoms with E-state index in [-0.39, 0.29) is 32.8 Å². The first-order chi connectivity index (χ1) is 12.5. The molecule has 0 spiro atoms. The van der Waals surface area contributed by atoms with Crippen LogP contribution in [0.3, 0.4) is 0 Å². The lowest BCUT2D eigenvalue weighted by Crippen LogP contribution is -2.40. The maximum atomic E-state index is 12.1. The molecule has 9 nitrogen and oxygen atoms in total. The first-order valence-electron chi connectivity index (χ1n) is 8.23. The Morgan fingerprint density at radius 1 is 1.08 bits per heavy atom.